The average molecular weight is 419 g/mol. The first kappa shape index (κ1) is 18.6. The van der Waals surface area contributed by atoms with Gasteiger partial charge in [0.1, 0.15) is 0 Å². The number of guanidine groups is 1. The summed E-state index contributed by atoms with van der Waals surface area (Å²) >= 11 is 2.07. The maximum Gasteiger partial charge on any atom is 0.191 e. The lowest BCUT2D eigenvalue weighted by molar-refractivity contribution is 0.727. The van der Waals surface area contributed by atoms with Gasteiger partial charge in [0.25, 0.3) is 0 Å². The number of aliphatic imine (C=N–C) groups is 1. The second-order valence-electron chi connectivity index (χ2n) is 5.14. The Morgan fingerprint density at radius 1 is 1.33 bits per heavy atom. The van der Waals surface area contributed by atoms with Gasteiger partial charge in [-0.3, -0.25) is 0 Å². The molecule has 1 fully saturated rings. The molecular formula is C16H26IN3S. The first-order chi connectivity index (χ1) is 9.79. The fourth-order valence-corrected chi connectivity index (χ4v) is 3.51. The van der Waals surface area contributed by atoms with Gasteiger partial charge in [-0.1, -0.05) is 24.3 Å². The van der Waals surface area contributed by atoms with E-state index in [9.17, 15) is 0 Å². The number of nitrogens with one attached hydrogen (secondary N) is 2. The van der Waals surface area contributed by atoms with Gasteiger partial charge in [0.15, 0.2) is 5.96 Å². The summed E-state index contributed by atoms with van der Waals surface area (Å²) in [4.78, 5) is 4.69. The van der Waals surface area contributed by atoms with Crippen molar-refractivity contribution in [2.45, 2.75) is 38.5 Å². The topological polar surface area (TPSA) is 36.4 Å². The first-order valence-electron chi connectivity index (χ1n) is 7.48. The molecule has 1 aromatic carbocycles. The molecule has 3 nitrogen and oxygen atoms in total. The van der Waals surface area contributed by atoms with E-state index in [1.165, 1.54) is 29.7 Å². The Hall–Kier alpha value is -0.430. The zero-order chi connectivity index (χ0) is 14.2. The molecule has 1 atom stereocenters. The van der Waals surface area contributed by atoms with Crippen LogP contribution in [-0.4, -0.2) is 30.1 Å². The number of rotatable bonds is 5. The molecule has 5 heteroatoms. The molecule has 1 heterocycles. The van der Waals surface area contributed by atoms with Crippen molar-refractivity contribution in [3.8, 4) is 0 Å². The Morgan fingerprint density at radius 2 is 2.14 bits per heavy atom. The van der Waals surface area contributed by atoms with Gasteiger partial charge in [-0.05, 0) is 43.6 Å². The molecule has 0 amide bonds. The summed E-state index contributed by atoms with van der Waals surface area (Å²) < 4.78 is 0. The molecule has 1 unspecified atom stereocenters. The molecule has 1 aromatic rings. The fourth-order valence-electron chi connectivity index (χ4n) is 2.31. The standard InChI is InChI=1S/C16H25N3S.HI/c1-3-17-16(19-12-15-9-6-10-20-15)18-11-14-8-5-4-7-13(14)2;/h4-5,7-8,15H,3,6,9-12H2,1-2H3,(H2,17,18,19);1H. The normalized spacial score (nSPS) is 18.2. The Kier molecular flexibility index (Phi) is 9.15. The van der Waals surface area contributed by atoms with Crippen molar-refractivity contribution in [2.75, 3.05) is 18.8 Å². The van der Waals surface area contributed by atoms with E-state index in [1.807, 2.05) is 0 Å². The van der Waals surface area contributed by atoms with Crippen molar-refractivity contribution in [2.24, 2.45) is 4.99 Å². The minimum Gasteiger partial charge on any atom is -0.357 e. The number of aryl methyl sites for hydroxylation is 1. The summed E-state index contributed by atoms with van der Waals surface area (Å²) in [6.45, 7) is 6.90. The van der Waals surface area contributed by atoms with Crippen LogP contribution in [0.5, 0.6) is 0 Å². The third kappa shape index (κ3) is 6.46. The van der Waals surface area contributed by atoms with Gasteiger partial charge in [-0.2, -0.15) is 11.8 Å². The highest BCUT2D eigenvalue weighted by Crippen LogP contribution is 2.25. The fraction of sp³-hybridized carbons (Fsp3) is 0.562. The number of nitrogens with zero attached hydrogens (tertiary/aromatic N) is 1. The lowest BCUT2D eigenvalue weighted by Gasteiger charge is -2.14. The van der Waals surface area contributed by atoms with Crippen molar-refractivity contribution in [1.29, 1.82) is 0 Å². The van der Waals surface area contributed by atoms with E-state index in [4.69, 9.17) is 4.99 Å². The second-order valence-corrected chi connectivity index (χ2v) is 6.55. The SMILES string of the molecule is CCNC(=NCc1ccccc1C)NCC1CCCS1.I. The third-order valence-corrected chi connectivity index (χ3v) is 4.93. The summed E-state index contributed by atoms with van der Waals surface area (Å²) in [5.41, 5.74) is 2.60. The van der Waals surface area contributed by atoms with Gasteiger partial charge >= 0.3 is 0 Å². The lowest BCUT2D eigenvalue weighted by atomic mass is 10.1. The van der Waals surface area contributed by atoms with Crippen LogP contribution in [0.15, 0.2) is 29.3 Å². The maximum absolute atomic E-state index is 4.69. The maximum atomic E-state index is 4.69. The smallest absolute Gasteiger partial charge is 0.191 e. The second kappa shape index (κ2) is 10.3. The molecule has 2 rings (SSSR count). The van der Waals surface area contributed by atoms with Gasteiger partial charge in [-0.15, -0.1) is 24.0 Å². The molecule has 0 bridgehead atoms. The van der Waals surface area contributed by atoms with E-state index >= 15 is 0 Å². The van der Waals surface area contributed by atoms with Crippen molar-refractivity contribution in [1.82, 2.24) is 10.6 Å². The molecule has 1 aliphatic heterocycles. The van der Waals surface area contributed by atoms with E-state index < -0.39 is 0 Å². The first-order valence-corrected chi connectivity index (χ1v) is 8.52. The van der Waals surface area contributed by atoms with E-state index in [0.29, 0.717) is 0 Å². The van der Waals surface area contributed by atoms with Gasteiger partial charge in [0.05, 0.1) is 6.54 Å². The summed E-state index contributed by atoms with van der Waals surface area (Å²) in [6, 6.07) is 8.44. The Labute approximate surface area is 149 Å². The van der Waals surface area contributed by atoms with Crippen LogP contribution >= 0.6 is 35.7 Å². The number of hydrogen-bond donors (Lipinski definition) is 2. The van der Waals surface area contributed by atoms with Gasteiger partial charge in [-0.25, -0.2) is 4.99 Å². The van der Waals surface area contributed by atoms with E-state index in [0.717, 1.165) is 30.8 Å². The number of halogens is 1. The van der Waals surface area contributed by atoms with E-state index in [1.54, 1.807) is 0 Å². The van der Waals surface area contributed by atoms with Crippen LogP contribution in [0.4, 0.5) is 0 Å². The van der Waals surface area contributed by atoms with Crippen molar-refractivity contribution in [3.63, 3.8) is 0 Å². The highest BCUT2D eigenvalue weighted by atomic mass is 127. The van der Waals surface area contributed by atoms with Crippen LogP contribution in [-0.2, 0) is 6.54 Å². The molecule has 1 saturated heterocycles. The van der Waals surface area contributed by atoms with Crippen LogP contribution in [0.2, 0.25) is 0 Å². The predicted octanol–water partition coefficient (Wildman–Crippen LogP) is 3.56. The molecule has 0 aliphatic carbocycles. The highest BCUT2D eigenvalue weighted by Gasteiger charge is 2.15. The van der Waals surface area contributed by atoms with Crippen molar-refractivity contribution >= 4 is 41.7 Å². The highest BCUT2D eigenvalue weighted by molar-refractivity contribution is 14.0. The lowest BCUT2D eigenvalue weighted by Crippen LogP contribution is -2.40. The summed E-state index contributed by atoms with van der Waals surface area (Å²) in [6.07, 6.45) is 2.68. The third-order valence-electron chi connectivity index (χ3n) is 3.53. The van der Waals surface area contributed by atoms with E-state index in [2.05, 4.69) is 60.5 Å². The van der Waals surface area contributed by atoms with E-state index in [-0.39, 0.29) is 24.0 Å². The zero-order valence-corrected chi connectivity index (χ0v) is 16.0. The predicted molar refractivity (Wildman–Crippen MR) is 105 cm³/mol. The molecule has 1 aliphatic rings. The number of benzene rings is 1. The monoisotopic (exact) mass is 419 g/mol. The Balaban J connectivity index is 0.00000220. The van der Waals surface area contributed by atoms with Gasteiger partial charge < -0.3 is 10.6 Å². The Bertz CT molecular complexity index is 445. The van der Waals surface area contributed by atoms with Gasteiger partial charge in [0, 0.05) is 18.3 Å². The average Bonchev–Trinajstić information content (AvgIpc) is 2.97. The summed E-state index contributed by atoms with van der Waals surface area (Å²) in [7, 11) is 0. The van der Waals surface area contributed by atoms with Crippen LogP contribution in [0, 0.1) is 6.92 Å². The number of hydrogen-bond acceptors (Lipinski definition) is 2. The molecule has 0 saturated carbocycles. The quantitative estimate of drug-likeness (QED) is 0.435. The molecule has 118 valence electrons. The Morgan fingerprint density at radius 3 is 2.81 bits per heavy atom. The molecular weight excluding hydrogens is 393 g/mol. The minimum absolute atomic E-state index is 0. The molecule has 21 heavy (non-hydrogen) atoms. The number of thioether (sulfide) groups is 1. The molecule has 0 spiro atoms. The molecule has 0 radical (unpaired) electrons. The van der Waals surface area contributed by atoms with Crippen molar-refractivity contribution in [3.05, 3.63) is 35.4 Å². The summed E-state index contributed by atoms with van der Waals surface area (Å²) in [5.74, 6) is 2.24. The molecule has 0 aromatic heterocycles. The van der Waals surface area contributed by atoms with Crippen LogP contribution in [0.1, 0.15) is 30.9 Å². The van der Waals surface area contributed by atoms with Crippen LogP contribution < -0.4 is 10.6 Å². The zero-order valence-electron chi connectivity index (χ0n) is 12.9. The largest absolute Gasteiger partial charge is 0.357 e. The van der Waals surface area contributed by atoms with Crippen molar-refractivity contribution < 1.29 is 0 Å². The van der Waals surface area contributed by atoms with Crippen LogP contribution in [0.3, 0.4) is 0 Å². The van der Waals surface area contributed by atoms with Crippen LogP contribution in [0.25, 0.3) is 0 Å². The van der Waals surface area contributed by atoms with Gasteiger partial charge in [0.2, 0.25) is 0 Å². The molecule has 2 N–H and O–H groups in total. The minimum atomic E-state index is 0. The summed E-state index contributed by atoms with van der Waals surface area (Å²) in [5, 5.41) is 7.54.